The largest absolute Gasteiger partial charge is 0.507 e. The van der Waals surface area contributed by atoms with E-state index in [1.54, 1.807) is 48.5 Å². The summed E-state index contributed by atoms with van der Waals surface area (Å²) >= 11 is 0. The second kappa shape index (κ2) is 11.2. The Morgan fingerprint density at radius 2 is 1.54 bits per heavy atom. The smallest absolute Gasteiger partial charge is 0.300 e. The number of hydrogen-bond donors (Lipinski definition) is 1. The number of Topliss-reactive ketones (excluding diaryl/α,β-unsaturated/α-hetero) is 1. The quantitative estimate of drug-likeness (QED) is 0.152. The number of nitrogens with zero attached hydrogens (tertiary/aromatic N) is 1. The molecule has 5 rings (SSSR count). The van der Waals surface area contributed by atoms with Crippen LogP contribution in [0.15, 0.2) is 109 Å². The first-order valence-electron chi connectivity index (χ1n) is 12.6. The van der Waals surface area contributed by atoms with Crippen LogP contribution in [0.4, 0.5) is 10.1 Å². The Morgan fingerprint density at radius 1 is 0.846 bits per heavy atom. The highest BCUT2D eigenvalue weighted by Gasteiger charge is 2.47. The van der Waals surface area contributed by atoms with Gasteiger partial charge in [-0.25, -0.2) is 4.39 Å². The molecule has 7 heteroatoms. The number of benzene rings is 4. The summed E-state index contributed by atoms with van der Waals surface area (Å²) in [5.74, 6) is -0.737. The van der Waals surface area contributed by atoms with Crippen LogP contribution in [0, 0.1) is 5.82 Å². The monoisotopic (exact) mass is 523 g/mol. The molecular formula is C32H26FNO5. The molecule has 1 amide bonds. The highest BCUT2D eigenvalue weighted by molar-refractivity contribution is 6.51. The molecule has 1 fully saturated rings. The summed E-state index contributed by atoms with van der Waals surface area (Å²) in [4.78, 5) is 28.0. The van der Waals surface area contributed by atoms with E-state index in [1.165, 1.54) is 29.2 Å². The van der Waals surface area contributed by atoms with Crippen molar-refractivity contribution in [3.8, 4) is 17.2 Å². The Kier molecular flexibility index (Phi) is 7.41. The molecule has 4 aromatic carbocycles. The number of para-hydroxylation sites is 1. The number of rotatable bonds is 8. The summed E-state index contributed by atoms with van der Waals surface area (Å²) in [6.07, 6.45) is 0.849. The summed E-state index contributed by atoms with van der Waals surface area (Å²) in [5.41, 5.74) is 1.14. The third-order valence-electron chi connectivity index (χ3n) is 6.30. The van der Waals surface area contributed by atoms with E-state index in [-0.39, 0.29) is 11.3 Å². The molecule has 196 valence electrons. The first kappa shape index (κ1) is 25.7. The van der Waals surface area contributed by atoms with Gasteiger partial charge in [0, 0.05) is 11.3 Å². The van der Waals surface area contributed by atoms with Crippen molar-refractivity contribution in [3.05, 3.63) is 126 Å². The molecule has 4 aromatic rings. The second-order valence-corrected chi connectivity index (χ2v) is 9.01. The van der Waals surface area contributed by atoms with Crippen molar-refractivity contribution >= 4 is 23.1 Å². The Morgan fingerprint density at radius 3 is 2.23 bits per heavy atom. The zero-order chi connectivity index (χ0) is 27.4. The third-order valence-corrected chi connectivity index (χ3v) is 6.30. The van der Waals surface area contributed by atoms with E-state index < -0.39 is 23.5 Å². The fraction of sp³-hybridized carbons (Fsp3) is 0.125. The summed E-state index contributed by atoms with van der Waals surface area (Å²) in [7, 11) is 0. The van der Waals surface area contributed by atoms with E-state index in [0.717, 1.165) is 6.42 Å². The van der Waals surface area contributed by atoms with E-state index in [9.17, 15) is 19.1 Å². The molecule has 1 N–H and O–H groups in total. The van der Waals surface area contributed by atoms with E-state index in [1.807, 2.05) is 37.3 Å². The Hall–Kier alpha value is -4.91. The van der Waals surface area contributed by atoms with Crippen molar-refractivity contribution in [3.63, 3.8) is 0 Å². The Labute approximate surface area is 225 Å². The van der Waals surface area contributed by atoms with Crippen molar-refractivity contribution in [2.24, 2.45) is 0 Å². The van der Waals surface area contributed by atoms with Gasteiger partial charge in [-0.05, 0) is 84.8 Å². The number of halogens is 1. The number of amides is 1. The van der Waals surface area contributed by atoms with Crippen molar-refractivity contribution in [1.29, 1.82) is 0 Å². The topological polar surface area (TPSA) is 76.1 Å². The number of carbonyl (C=O) groups excluding carboxylic acids is 2. The van der Waals surface area contributed by atoms with Gasteiger partial charge in [0.15, 0.2) is 0 Å². The number of aliphatic hydroxyl groups is 1. The maximum absolute atomic E-state index is 13.7. The standard InChI is InChI=1S/C32H26FNO5/c1-2-19-38-25-17-11-21(12-18-25)30(35)28-29(34(32(37)31(28)36)24-15-13-23(33)14-16-24)22-7-6-10-27(20-22)39-26-8-4-3-5-9-26/h3-18,20,29,35H,2,19H2,1H3/b30-28-. The lowest BCUT2D eigenvalue weighted by atomic mass is 9.95. The Bertz CT molecular complexity index is 1510. The highest BCUT2D eigenvalue weighted by atomic mass is 19.1. The first-order chi connectivity index (χ1) is 19.0. The molecular weight excluding hydrogens is 497 g/mol. The van der Waals surface area contributed by atoms with Crippen LogP contribution < -0.4 is 14.4 Å². The van der Waals surface area contributed by atoms with E-state index >= 15 is 0 Å². The maximum Gasteiger partial charge on any atom is 0.300 e. The van der Waals surface area contributed by atoms with Gasteiger partial charge in [0.1, 0.15) is 28.8 Å². The van der Waals surface area contributed by atoms with Crippen LogP contribution in [0.25, 0.3) is 5.76 Å². The van der Waals surface area contributed by atoms with Gasteiger partial charge in [-0.15, -0.1) is 0 Å². The van der Waals surface area contributed by atoms with Crippen molar-refractivity contribution in [2.45, 2.75) is 19.4 Å². The molecule has 0 aromatic heterocycles. The average molecular weight is 524 g/mol. The number of ether oxygens (including phenoxy) is 2. The molecule has 1 saturated heterocycles. The highest BCUT2D eigenvalue weighted by Crippen LogP contribution is 2.43. The van der Waals surface area contributed by atoms with E-state index in [2.05, 4.69) is 0 Å². The van der Waals surface area contributed by atoms with E-state index in [4.69, 9.17) is 9.47 Å². The number of carbonyl (C=O) groups is 2. The first-order valence-corrected chi connectivity index (χ1v) is 12.6. The van der Waals surface area contributed by atoms with Crippen LogP contribution in [0.2, 0.25) is 0 Å². The van der Waals surface area contributed by atoms with Crippen molar-refractivity contribution in [2.75, 3.05) is 11.5 Å². The number of ketones is 1. The van der Waals surface area contributed by atoms with Crippen LogP contribution in [0.5, 0.6) is 17.2 Å². The predicted octanol–water partition coefficient (Wildman–Crippen LogP) is 7.03. The lowest BCUT2D eigenvalue weighted by Crippen LogP contribution is -2.29. The van der Waals surface area contributed by atoms with Crippen LogP contribution in [-0.2, 0) is 9.59 Å². The normalized spacial score (nSPS) is 16.4. The van der Waals surface area contributed by atoms with Gasteiger partial charge >= 0.3 is 0 Å². The minimum absolute atomic E-state index is 0.0802. The minimum Gasteiger partial charge on any atom is -0.507 e. The van der Waals surface area contributed by atoms with Crippen molar-refractivity contribution < 1.29 is 28.6 Å². The number of hydrogen-bond acceptors (Lipinski definition) is 5. The second-order valence-electron chi connectivity index (χ2n) is 9.01. The summed E-state index contributed by atoms with van der Waals surface area (Å²) in [6, 6.07) is 27.2. The lowest BCUT2D eigenvalue weighted by molar-refractivity contribution is -0.132. The lowest BCUT2D eigenvalue weighted by Gasteiger charge is -2.25. The van der Waals surface area contributed by atoms with E-state index in [0.29, 0.717) is 40.7 Å². The fourth-order valence-corrected chi connectivity index (χ4v) is 4.47. The molecule has 0 radical (unpaired) electrons. The summed E-state index contributed by atoms with van der Waals surface area (Å²) in [5, 5.41) is 11.4. The van der Waals surface area contributed by atoms with Gasteiger partial charge in [0.2, 0.25) is 0 Å². The molecule has 0 bridgehead atoms. The third kappa shape index (κ3) is 5.38. The molecule has 1 atom stereocenters. The fourth-order valence-electron chi connectivity index (χ4n) is 4.47. The van der Waals surface area contributed by atoms with Gasteiger partial charge < -0.3 is 14.6 Å². The zero-order valence-electron chi connectivity index (χ0n) is 21.2. The predicted molar refractivity (Wildman–Crippen MR) is 146 cm³/mol. The average Bonchev–Trinajstić information content (AvgIpc) is 3.23. The molecule has 1 heterocycles. The Balaban J connectivity index is 1.61. The molecule has 1 aliphatic heterocycles. The van der Waals surface area contributed by atoms with Crippen LogP contribution in [0.3, 0.4) is 0 Å². The zero-order valence-corrected chi connectivity index (χ0v) is 21.2. The summed E-state index contributed by atoms with van der Waals surface area (Å²) in [6.45, 7) is 2.55. The van der Waals surface area contributed by atoms with Gasteiger partial charge in [0.25, 0.3) is 11.7 Å². The maximum atomic E-state index is 13.7. The van der Waals surface area contributed by atoms with Gasteiger partial charge in [-0.2, -0.15) is 0 Å². The molecule has 6 nitrogen and oxygen atoms in total. The molecule has 1 unspecified atom stereocenters. The van der Waals surface area contributed by atoms with Crippen molar-refractivity contribution in [1.82, 2.24) is 0 Å². The SMILES string of the molecule is CCCOc1ccc(/C(O)=C2/C(=O)C(=O)N(c3ccc(F)cc3)C2c2cccc(Oc3ccccc3)c2)cc1. The summed E-state index contributed by atoms with van der Waals surface area (Å²) < 4.78 is 25.3. The molecule has 1 aliphatic rings. The number of anilines is 1. The van der Waals surface area contributed by atoms with Gasteiger partial charge in [-0.3, -0.25) is 14.5 Å². The molecule has 39 heavy (non-hydrogen) atoms. The van der Waals surface area contributed by atoms with Crippen LogP contribution in [0.1, 0.15) is 30.5 Å². The molecule has 0 aliphatic carbocycles. The van der Waals surface area contributed by atoms with Gasteiger partial charge in [-0.1, -0.05) is 37.3 Å². The molecule has 0 saturated carbocycles. The van der Waals surface area contributed by atoms with Crippen LogP contribution >= 0.6 is 0 Å². The van der Waals surface area contributed by atoms with Gasteiger partial charge in [0.05, 0.1) is 18.2 Å². The van der Waals surface area contributed by atoms with Crippen LogP contribution in [-0.4, -0.2) is 23.4 Å². The molecule has 0 spiro atoms. The minimum atomic E-state index is -0.981. The number of aliphatic hydroxyl groups excluding tert-OH is 1.